The molecule has 1 saturated carbocycles. The molecule has 6 heteroatoms. The van der Waals surface area contributed by atoms with Gasteiger partial charge in [0, 0.05) is 12.5 Å². The van der Waals surface area contributed by atoms with E-state index in [9.17, 15) is 14.4 Å². The molecular formula is C10H15N3O3. The summed E-state index contributed by atoms with van der Waals surface area (Å²) < 4.78 is 0. The maximum Gasteiger partial charge on any atom is 0.243 e. The van der Waals surface area contributed by atoms with Crippen molar-refractivity contribution in [2.75, 3.05) is 6.54 Å². The summed E-state index contributed by atoms with van der Waals surface area (Å²) in [6.07, 6.45) is 2.88. The Morgan fingerprint density at radius 1 is 1.31 bits per heavy atom. The number of piperidine rings is 1. The van der Waals surface area contributed by atoms with Crippen molar-refractivity contribution in [3.8, 4) is 0 Å². The standard InChI is InChI=1S/C10H15N3O3/c14-8-4-3-7(10(16)13-8)11-5-9(15)12-6-1-2-6/h6-7,11H,1-5H2,(H,12,15)(H,13,14,16). The molecule has 2 rings (SSSR count). The number of carbonyl (C=O) groups is 3. The molecule has 1 atom stereocenters. The monoisotopic (exact) mass is 225 g/mol. The highest BCUT2D eigenvalue weighted by Crippen LogP contribution is 2.18. The van der Waals surface area contributed by atoms with Gasteiger partial charge < -0.3 is 5.32 Å². The van der Waals surface area contributed by atoms with Crippen LogP contribution in [0.15, 0.2) is 0 Å². The summed E-state index contributed by atoms with van der Waals surface area (Å²) >= 11 is 0. The van der Waals surface area contributed by atoms with Crippen LogP contribution < -0.4 is 16.0 Å². The molecule has 0 radical (unpaired) electrons. The van der Waals surface area contributed by atoms with Crippen molar-refractivity contribution in [1.82, 2.24) is 16.0 Å². The summed E-state index contributed by atoms with van der Waals surface area (Å²) in [6.45, 7) is 0.128. The number of carbonyl (C=O) groups excluding carboxylic acids is 3. The molecule has 6 nitrogen and oxygen atoms in total. The predicted molar refractivity (Wildman–Crippen MR) is 55.3 cm³/mol. The van der Waals surface area contributed by atoms with Gasteiger partial charge in [-0.3, -0.25) is 25.0 Å². The van der Waals surface area contributed by atoms with E-state index in [0.717, 1.165) is 12.8 Å². The minimum absolute atomic E-state index is 0.0906. The Hall–Kier alpha value is -1.43. The highest BCUT2D eigenvalue weighted by atomic mass is 16.2. The van der Waals surface area contributed by atoms with Crippen molar-refractivity contribution in [1.29, 1.82) is 0 Å². The van der Waals surface area contributed by atoms with Crippen molar-refractivity contribution in [3.63, 3.8) is 0 Å². The highest BCUT2D eigenvalue weighted by Gasteiger charge is 2.27. The van der Waals surface area contributed by atoms with E-state index in [0.29, 0.717) is 18.9 Å². The van der Waals surface area contributed by atoms with Gasteiger partial charge >= 0.3 is 0 Å². The van der Waals surface area contributed by atoms with Gasteiger partial charge in [-0.2, -0.15) is 0 Å². The van der Waals surface area contributed by atoms with Crippen LogP contribution in [-0.4, -0.2) is 36.3 Å². The van der Waals surface area contributed by atoms with Gasteiger partial charge in [0.1, 0.15) is 0 Å². The Kier molecular flexibility index (Phi) is 3.19. The van der Waals surface area contributed by atoms with E-state index in [2.05, 4.69) is 16.0 Å². The topological polar surface area (TPSA) is 87.3 Å². The molecule has 1 unspecified atom stereocenters. The second-order valence-corrected chi connectivity index (χ2v) is 4.23. The molecule has 2 aliphatic rings. The van der Waals surface area contributed by atoms with Gasteiger partial charge in [0.05, 0.1) is 12.6 Å². The number of hydrogen-bond donors (Lipinski definition) is 3. The number of rotatable bonds is 4. The Balaban J connectivity index is 1.70. The van der Waals surface area contributed by atoms with Crippen molar-refractivity contribution in [3.05, 3.63) is 0 Å². The van der Waals surface area contributed by atoms with E-state index in [1.165, 1.54) is 0 Å². The maximum atomic E-state index is 11.3. The molecule has 2 fully saturated rings. The first-order chi connectivity index (χ1) is 7.65. The summed E-state index contributed by atoms with van der Waals surface area (Å²) in [5.41, 5.74) is 0. The number of nitrogens with one attached hydrogen (secondary N) is 3. The van der Waals surface area contributed by atoms with Gasteiger partial charge in [-0.05, 0) is 19.3 Å². The van der Waals surface area contributed by atoms with Crippen molar-refractivity contribution >= 4 is 17.7 Å². The van der Waals surface area contributed by atoms with Gasteiger partial charge in [-0.15, -0.1) is 0 Å². The summed E-state index contributed by atoms with van der Waals surface area (Å²) in [7, 11) is 0. The molecule has 1 aliphatic carbocycles. The summed E-state index contributed by atoms with van der Waals surface area (Å²) in [4.78, 5) is 33.5. The van der Waals surface area contributed by atoms with E-state index in [1.54, 1.807) is 0 Å². The molecule has 0 aromatic heterocycles. The molecule has 3 N–H and O–H groups in total. The van der Waals surface area contributed by atoms with E-state index in [1.807, 2.05) is 0 Å². The van der Waals surface area contributed by atoms with Crippen LogP contribution in [0.4, 0.5) is 0 Å². The SMILES string of the molecule is O=C1CCC(NCC(=O)NC2CC2)C(=O)N1. The molecule has 0 aromatic rings. The van der Waals surface area contributed by atoms with Crippen molar-refractivity contribution < 1.29 is 14.4 Å². The lowest BCUT2D eigenvalue weighted by Gasteiger charge is -2.21. The van der Waals surface area contributed by atoms with Crippen LogP contribution in [0.3, 0.4) is 0 Å². The Morgan fingerprint density at radius 3 is 2.69 bits per heavy atom. The molecule has 1 aliphatic heterocycles. The van der Waals surface area contributed by atoms with Crippen LogP contribution in [0, 0.1) is 0 Å². The maximum absolute atomic E-state index is 11.3. The minimum atomic E-state index is -0.428. The third-order valence-electron chi connectivity index (χ3n) is 2.69. The van der Waals surface area contributed by atoms with Gasteiger partial charge in [-0.25, -0.2) is 0 Å². The van der Waals surface area contributed by atoms with Crippen LogP contribution in [-0.2, 0) is 14.4 Å². The first kappa shape index (κ1) is 11.1. The minimum Gasteiger partial charge on any atom is -0.352 e. The number of hydrogen-bond acceptors (Lipinski definition) is 4. The van der Waals surface area contributed by atoms with Crippen LogP contribution in [0.25, 0.3) is 0 Å². The van der Waals surface area contributed by atoms with Crippen LogP contribution in [0.1, 0.15) is 25.7 Å². The van der Waals surface area contributed by atoms with E-state index in [4.69, 9.17) is 0 Å². The zero-order valence-electron chi connectivity index (χ0n) is 8.91. The van der Waals surface area contributed by atoms with E-state index in [-0.39, 0.29) is 24.3 Å². The molecule has 16 heavy (non-hydrogen) atoms. The molecule has 1 saturated heterocycles. The predicted octanol–water partition coefficient (Wildman–Crippen LogP) is -1.34. The van der Waals surface area contributed by atoms with Gasteiger partial charge in [0.2, 0.25) is 17.7 Å². The fourth-order valence-electron chi connectivity index (χ4n) is 1.61. The summed E-state index contributed by atoms with van der Waals surface area (Å²) in [6, 6.07) is -0.0984. The fourth-order valence-corrected chi connectivity index (χ4v) is 1.61. The quantitative estimate of drug-likeness (QED) is 0.517. The Labute approximate surface area is 93.1 Å². The summed E-state index contributed by atoms with van der Waals surface area (Å²) in [5.74, 6) is -0.673. The summed E-state index contributed by atoms with van der Waals surface area (Å²) in [5, 5.41) is 7.90. The molecule has 3 amide bonds. The lowest BCUT2D eigenvalue weighted by atomic mass is 10.1. The average Bonchev–Trinajstić information content (AvgIpc) is 3.00. The second-order valence-electron chi connectivity index (χ2n) is 4.23. The normalized spacial score (nSPS) is 25.1. The fraction of sp³-hybridized carbons (Fsp3) is 0.700. The zero-order valence-corrected chi connectivity index (χ0v) is 8.91. The largest absolute Gasteiger partial charge is 0.352 e. The molecule has 0 aromatic carbocycles. The van der Waals surface area contributed by atoms with Crippen LogP contribution in [0.2, 0.25) is 0 Å². The van der Waals surface area contributed by atoms with Gasteiger partial charge in [0.25, 0.3) is 0 Å². The third-order valence-corrected chi connectivity index (χ3v) is 2.69. The molecule has 88 valence electrons. The second kappa shape index (κ2) is 4.61. The first-order valence-corrected chi connectivity index (χ1v) is 5.51. The van der Waals surface area contributed by atoms with Crippen molar-refractivity contribution in [2.24, 2.45) is 0 Å². The zero-order chi connectivity index (χ0) is 11.5. The van der Waals surface area contributed by atoms with Gasteiger partial charge in [-0.1, -0.05) is 0 Å². The third kappa shape index (κ3) is 3.03. The first-order valence-electron chi connectivity index (χ1n) is 5.51. The highest BCUT2D eigenvalue weighted by molar-refractivity contribution is 6.00. The van der Waals surface area contributed by atoms with E-state index >= 15 is 0 Å². The Morgan fingerprint density at radius 2 is 2.06 bits per heavy atom. The number of imide groups is 1. The lowest BCUT2D eigenvalue weighted by molar-refractivity contribution is -0.134. The molecule has 1 heterocycles. The van der Waals surface area contributed by atoms with Gasteiger partial charge in [0.15, 0.2) is 0 Å². The smallest absolute Gasteiger partial charge is 0.243 e. The molecular weight excluding hydrogens is 210 g/mol. The average molecular weight is 225 g/mol. The van der Waals surface area contributed by atoms with E-state index < -0.39 is 6.04 Å². The Bertz CT molecular complexity index is 325. The van der Waals surface area contributed by atoms with Crippen molar-refractivity contribution in [2.45, 2.75) is 37.8 Å². The van der Waals surface area contributed by atoms with Crippen LogP contribution in [0.5, 0.6) is 0 Å². The lowest BCUT2D eigenvalue weighted by Crippen LogP contribution is -2.52. The molecule has 0 spiro atoms. The molecule has 0 bridgehead atoms. The number of amides is 3. The van der Waals surface area contributed by atoms with Crippen LogP contribution >= 0.6 is 0 Å².